The molecule has 0 aliphatic carbocycles. The second-order valence-electron chi connectivity index (χ2n) is 5.62. The van der Waals surface area contributed by atoms with Gasteiger partial charge in [0.05, 0.1) is 6.26 Å². The number of ether oxygens (including phenoxy) is 2. The van der Waals surface area contributed by atoms with E-state index in [-0.39, 0.29) is 5.91 Å². The highest BCUT2D eigenvalue weighted by molar-refractivity contribution is 7.92. The van der Waals surface area contributed by atoms with E-state index in [1.54, 1.807) is 18.2 Å². The van der Waals surface area contributed by atoms with Crippen LogP contribution in [-0.4, -0.2) is 33.8 Å². The Hall–Kier alpha value is -2.74. The summed E-state index contributed by atoms with van der Waals surface area (Å²) in [6.07, 6.45) is 1.06. The Bertz CT molecular complexity index is 896. The lowest BCUT2D eigenvalue weighted by Crippen LogP contribution is -2.23. The van der Waals surface area contributed by atoms with E-state index >= 15 is 0 Å². The van der Waals surface area contributed by atoms with Crippen molar-refractivity contribution in [3.8, 4) is 11.5 Å². The number of fused-ring (bicyclic) bond motifs is 1. The fourth-order valence-electron chi connectivity index (χ4n) is 2.42. The van der Waals surface area contributed by atoms with Crippen molar-refractivity contribution in [3.63, 3.8) is 0 Å². The molecule has 8 heteroatoms. The average Bonchev–Trinajstić information content (AvgIpc) is 2.58. The largest absolute Gasteiger partial charge is 0.486 e. The molecule has 0 aromatic heterocycles. The summed E-state index contributed by atoms with van der Waals surface area (Å²) in [5.74, 6) is 1.06. The molecule has 0 radical (unpaired) electrons. The fraction of sp³-hybridized carbons (Fsp3) is 0.235. The van der Waals surface area contributed by atoms with Crippen LogP contribution in [0, 0.1) is 0 Å². The maximum atomic E-state index is 12.3. The number of hydrogen-bond donors (Lipinski definition) is 2. The zero-order valence-corrected chi connectivity index (χ0v) is 14.4. The summed E-state index contributed by atoms with van der Waals surface area (Å²) < 4.78 is 35.9. The Kier molecular flexibility index (Phi) is 4.80. The van der Waals surface area contributed by atoms with Crippen LogP contribution in [0.15, 0.2) is 42.5 Å². The van der Waals surface area contributed by atoms with Crippen molar-refractivity contribution >= 4 is 21.6 Å². The van der Waals surface area contributed by atoms with Gasteiger partial charge in [-0.2, -0.15) is 0 Å². The van der Waals surface area contributed by atoms with Gasteiger partial charge in [-0.15, -0.1) is 0 Å². The first-order valence-corrected chi connectivity index (χ1v) is 9.54. The van der Waals surface area contributed by atoms with Gasteiger partial charge < -0.3 is 14.8 Å². The summed E-state index contributed by atoms with van der Waals surface area (Å²) >= 11 is 0. The summed E-state index contributed by atoms with van der Waals surface area (Å²) in [5, 5.41) is 2.80. The number of amides is 1. The molecule has 0 fully saturated rings. The number of benzene rings is 2. The Labute approximate surface area is 146 Å². The SMILES string of the molecule is CS(=O)(=O)Nc1cccc(C(=O)NCc2ccc3c(c2)OCCO3)c1. The summed E-state index contributed by atoms with van der Waals surface area (Å²) in [4.78, 5) is 12.3. The molecule has 0 atom stereocenters. The van der Waals surface area contributed by atoms with Gasteiger partial charge in [0.2, 0.25) is 10.0 Å². The number of sulfonamides is 1. The van der Waals surface area contributed by atoms with Crippen molar-refractivity contribution in [2.75, 3.05) is 24.2 Å². The molecule has 0 spiro atoms. The van der Waals surface area contributed by atoms with Crippen LogP contribution in [0.3, 0.4) is 0 Å². The standard InChI is InChI=1S/C17H18N2O5S/c1-25(21,22)19-14-4-2-3-13(10-14)17(20)18-11-12-5-6-15-16(9-12)24-8-7-23-15/h2-6,9-10,19H,7-8,11H2,1H3,(H,18,20). The van der Waals surface area contributed by atoms with Gasteiger partial charge in [0.1, 0.15) is 13.2 Å². The number of carbonyl (C=O) groups is 1. The van der Waals surface area contributed by atoms with Gasteiger partial charge in [0.25, 0.3) is 5.91 Å². The minimum Gasteiger partial charge on any atom is -0.486 e. The molecule has 1 aliphatic heterocycles. The highest BCUT2D eigenvalue weighted by atomic mass is 32.2. The van der Waals surface area contributed by atoms with Crippen molar-refractivity contribution < 1.29 is 22.7 Å². The molecule has 2 aromatic rings. The molecule has 1 aliphatic rings. The molecule has 0 saturated heterocycles. The maximum absolute atomic E-state index is 12.3. The molecular formula is C17H18N2O5S. The second-order valence-corrected chi connectivity index (χ2v) is 7.36. The van der Waals surface area contributed by atoms with Gasteiger partial charge in [0, 0.05) is 17.8 Å². The zero-order valence-electron chi connectivity index (χ0n) is 13.6. The molecule has 0 bridgehead atoms. The van der Waals surface area contributed by atoms with Crippen LogP contribution in [0.25, 0.3) is 0 Å². The molecular weight excluding hydrogens is 344 g/mol. The zero-order chi connectivity index (χ0) is 17.9. The van der Waals surface area contributed by atoms with E-state index in [9.17, 15) is 13.2 Å². The van der Waals surface area contributed by atoms with Crippen molar-refractivity contribution in [2.45, 2.75) is 6.54 Å². The topological polar surface area (TPSA) is 93.7 Å². The van der Waals surface area contributed by atoms with E-state index in [2.05, 4.69) is 10.0 Å². The third kappa shape index (κ3) is 4.63. The second kappa shape index (κ2) is 7.02. The Morgan fingerprint density at radius 3 is 2.60 bits per heavy atom. The summed E-state index contributed by atoms with van der Waals surface area (Å²) in [6, 6.07) is 11.8. The van der Waals surface area contributed by atoms with Gasteiger partial charge in [-0.1, -0.05) is 12.1 Å². The van der Waals surface area contributed by atoms with Crippen molar-refractivity contribution in [1.82, 2.24) is 5.32 Å². The van der Waals surface area contributed by atoms with Crippen LogP contribution in [0.4, 0.5) is 5.69 Å². The summed E-state index contributed by atoms with van der Waals surface area (Å²) in [6.45, 7) is 1.35. The molecule has 0 saturated carbocycles. The van der Waals surface area contributed by atoms with Crippen LogP contribution >= 0.6 is 0 Å². The van der Waals surface area contributed by atoms with Gasteiger partial charge in [-0.3, -0.25) is 9.52 Å². The molecule has 132 valence electrons. The quantitative estimate of drug-likeness (QED) is 0.845. The smallest absolute Gasteiger partial charge is 0.251 e. The van der Waals surface area contributed by atoms with E-state index in [1.807, 2.05) is 18.2 Å². The first-order chi connectivity index (χ1) is 11.9. The third-order valence-electron chi connectivity index (χ3n) is 3.49. The van der Waals surface area contributed by atoms with E-state index in [0.717, 1.165) is 11.8 Å². The molecule has 7 nitrogen and oxygen atoms in total. The summed E-state index contributed by atoms with van der Waals surface area (Å²) in [5.41, 5.74) is 1.59. The predicted octanol–water partition coefficient (Wildman–Crippen LogP) is 1.76. The van der Waals surface area contributed by atoms with E-state index in [0.29, 0.717) is 42.5 Å². The maximum Gasteiger partial charge on any atom is 0.251 e. The minimum absolute atomic E-state index is 0.299. The summed E-state index contributed by atoms with van der Waals surface area (Å²) in [7, 11) is -3.39. The van der Waals surface area contributed by atoms with Crippen LogP contribution in [-0.2, 0) is 16.6 Å². The first-order valence-electron chi connectivity index (χ1n) is 7.65. The first kappa shape index (κ1) is 17.1. The average molecular weight is 362 g/mol. The van der Waals surface area contributed by atoms with Gasteiger partial charge in [-0.25, -0.2) is 8.42 Å². The van der Waals surface area contributed by atoms with E-state index in [1.165, 1.54) is 6.07 Å². The number of hydrogen-bond acceptors (Lipinski definition) is 5. The lowest BCUT2D eigenvalue weighted by molar-refractivity contribution is 0.0951. The lowest BCUT2D eigenvalue weighted by atomic mass is 10.1. The van der Waals surface area contributed by atoms with Crippen molar-refractivity contribution in [2.24, 2.45) is 0 Å². The Morgan fingerprint density at radius 1 is 1.08 bits per heavy atom. The monoisotopic (exact) mass is 362 g/mol. The van der Waals surface area contributed by atoms with Gasteiger partial charge in [-0.05, 0) is 35.9 Å². The van der Waals surface area contributed by atoms with E-state index in [4.69, 9.17) is 9.47 Å². The Balaban J connectivity index is 1.65. The van der Waals surface area contributed by atoms with Crippen LogP contribution < -0.4 is 19.5 Å². The molecule has 0 unspecified atom stereocenters. The molecule has 1 heterocycles. The number of anilines is 1. The highest BCUT2D eigenvalue weighted by Gasteiger charge is 2.13. The van der Waals surface area contributed by atoms with Gasteiger partial charge in [0.15, 0.2) is 11.5 Å². The third-order valence-corrected chi connectivity index (χ3v) is 4.09. The molecule has 1 amide bonds. The highest BCUT2D eigenvalue weighted by Crippen LogP contribution is 2.30. The van der Waals surface area contributed by atoms with Crippen LogP contribution in [0.5, 0.6) is 11.5 Å². The number of carbonyl (C=O) groups excluding carboxylic acids is 1. The molecule has 2 N–H and O–H groups in total. The van der Waals surface area contributed by atoms with Crippen LogP contribution in [0.1, 0.15) is 15.9 Å². The Morgan fingerprint density at radius 2 is 1.84 bits per heavy atom. The lowest BCUT2D eigenvalue weighted by Gasteiger charge is -2.19. The van der Waals surface area contributed by atoms with Crippen LogP contribution in [0.2, 0.25) is 0 Å². The number of rotatable bonds is 5. The predicted molar refractivity (Wildman–Crippen MR) is 93.5 cm³/mol. The molecule has 25 heavy (non-hydrogen) atoms. The van der Waals surface area contributed by atoms with Crippen molar-refractivity contribution in [1.29, 1.82) is 0 Å². The van der Waals surface area contributed by atoms with Crippen molar-refractivity contribution in [3.05, 3.63) is 53.6 Å². The normalized spacial score (nSPS) is 13.2. The molecule has 2 aromatic carbocycles. The van der Waals surface area contributed by atoms with Gasteiger partial charge >= 0.3 is 0 Å². The van der Waals surface area contributed by atoms with E-state index < -0.39 is 10.0 Å². The minimum atomic E-state index is -3.39. The fourth-order valence-corrected chi connectivity index (χ4v) is 2.98. The number of nitrogens with one attached hydrogen (secondary N) is 2. The molecule has 3 rings (SSSR count).